The van der Waals surface area contributed by atoms with E-state index in [1.807, 2.05) is 30.3 Å². The van der Waals surface area contributed by atoms with Crippen molar-refractivity contribution in [2.24, 2.45) is 5.16 Å². The highest BCUT2D eigenvalue weighted by Crippen LogP contribution is 2.32. The Kier molecular flexibility index (Phi) is 3.62. The second-order valence-electron chi connectivity index (χ2n) is 4.64. The van der Waals surface area contributed by atoms with E-state index in [-0.39, 0.29) is 11.3 Å². The average Bonchev–Trinajstić information content (AvgIpc) is 2.91. The van der Waals surface area contributed by atoms with Gasteiger partial charge < -0.3 is 14.7 Å². The first-order chi connectivity index (χ1) is 10.7. The molecule has 0 spiro atoms. The van der Waals surface area contributed by atoms with E-state index in [1.165, 1.54) is 7.11 Å². The number of aromatic hydroxyl groups is 1. The molecule has 2 aromatic rings. The van der Waals surface area contributed by atoms with Gasteiger partial charge in [0.2, 0.25) is 0 Å². The lowest BCUT2D eigenvalue weighted by Gasteiger charge is -2.06. The third kappa shape index (κ3) is 2.44. The number of carbonyl (C=O) groups is 1. The van der Waals surface area contributed by atoms with Crippen molar-refractivity contribution in [3.05, 3.63) is 65.2 Å². The van der Waals surface area contributed by atoms with Crippen LogP contribution in [0.4, 0.5) is 0 Å². The standard InChI is InChI=1S/C17H13NO4/c1-21-14-9-5-8-12(16(14)19)10-13-15(18-22-17(13)20)11-6-3-2-4-7-11/h2-10,19H,1H3/b13-10-. The van der Waals surface area contributed by atoms with Crippen molar-refractivity contribution in [2.75, 3.05) is 7.11 Å². The maximum absolute atomic E-state index is 11.9. The number of phenols is 1. The first-order valence-electron chi connectivity index (χ1n) is 6.63. The average molecular weight is 295 g/mol. The largest absolute Gasteiger partial charge is 0.504 e. The number of hydrogen-bond donors (Lipinski definition) is 1. The number of hydrogen-bond acceptors (Lipinski definition) is 5. The third-order valence-corrected chi connectivity index (χ3v) is 3.29. The fourth-order valence-corrected chi connectivity index (χ4v) is 2.19. The van der Waals surface area contributed by atoms with Gasteiger partial charge in [-0.2, -0.15) is 0 Å². The number of methoxy groups -OCH3 is 1. The van der Waals surface area contributed by atoms with Crippen molar-refractivity contribution >= 4 is 17.8 Å². The smallest absolute Gasteiger partial charge is 0.368 e. The van der Waals surface area contributed by atoms with Gasteiger partial charge in [-0.3, -0.25) is 0 Å². The normalized spacial score (nSPS) is 15.6. The van der Waals surface area contributed by atoms with Crippen molar-refractivity contribution in [1.82, 2.24) is 0 Å². The van der Waals surface area contributed by atoms with E-state index in [0.717, 1.165) is 5.56 Å². The van der Waals surface area contributed by atoms with Crippen molar-refractivity contribution in [3.8, 4) is 11.5 Å². The molecule has 0 radical (unpaired) electrons. The molecule has 0 atom stereocenters. The van der Waals surface area contributed by atoms with Crippen LogP contribution in [-0.2, 0) is 9.63 Å². The minimum absolute atomic E-state index is 0.0374. The number of carbonyl (C=O) groups excluding carboxylic acids is 1. The molecule has 0 saturated carbocycles. The molecule has 1 aliphatic rings. The van der Waals surface area contributed by atoms with Gasteiger partial charge >= 0.3 is 5.97 Å². The first kappa shape index (κ1) is 13.9. The Labute approximate surface area is 127 Å². The van der Waals surface area contributed by atoms with Crippen molar-refractivity contribution in [3.63, 3.8) is 0 Å². The topological polar surface area (TPSA) is 68.1 Å². The number of oxime groups is 1. The lowest BCUT2D eigenvalue weighted by molar-refractivity contribution is -0.136. The summed E-state index contributed by atoms with van der Waals surface area (Å²) in [6.07, 6.45) is 1.54. The molecule has 1 heterocycles. The van der Waals surface area contributed by atoms with Crippen LogP contribution in [0.2, 0.25) is 0 Å². The van der Waals surface area contributed by atoms with E-state index < -0.39 is 5.97 Å². The summed E-state index contributed by atoms with van der Waals surface area (Å²) in [6.45, 7) is 0. The molecule has 0 aromatic heterocycles. The number of phenolic OH excluding ortho intramolecular Hbond substituents is 1. The van der Waals surface area contributed by atoms with Crippen LogP contribution < -0.4 is 4.74 Å². The zero-order valence-electron chi connectivity index (χ0n) is 11.8. The zero-order valence-corrected chi connectivity index (χ0v) is 11.8. The van der Waals surface area contributed by atoms with Gasteiger partial charge in [0.1, 0.15) is 5.71 Å². The Morgan fingerprint density at radius 2 is 1.91 bits per heavy atom. The molecule has 5 heteroatoms. The van der Waals surface area contributed by atoms with Crippen LogP contribution in [0.25, 0.3) is 6.08 Å². The van der Waals surface area contributed by atoms with Crippen LogP contribution in [0.1, 0.15) is 11.1 Å². The van der Waals surface area contributed by atoms with Gasteiger partial charge in [-0.15, -0.1) is 0 Å². The molecule has 0 saturated heterocycles. The minimum atomic E-state index is -0.555. The van der Waals surface area contributed by atoms with E-state index in [0.29, 0.717) is 17.0 Å². The van der Waals surface area contributed by atoms with Crippen LogP contribution in [0.5, 0.6) is 11.5 Å². The fraction of sp³-hybridized carbons (Fsp3) is 0.0588. The van der Waals surface area contributed by atoms with Gasteiger partial charge in [-0.25, -0.2) is 4.79 Å². The number of ether oxygens (including phenoxy) is 1. The van der Waals surface area contributed by atoms with Crippen LogP contribution in [0, 0.1) is 0 Å². The molecule has 0 aliphatic carbocycles. The molecule has 22 heavy (non-hydrogen) atoms. The highest BCUT2D eigenvalue weighted by Gasteiger charge is 2.27. The van der Waals surface area contributed by atoms with Crippen LogP contribution >= 0.6 is 0 Å². The maximum Gasteiger partial charge on any atom is 0.368 e. The molecule has 3 rings (SSSR count). The summed E-state index contributed by atoms with van der Waals surface area (Å²) in [5.41, 5.74) is 1.95. The predicted molar refractivity (Wildman–Crippen MR) is 81.7 cm³/mol. The summed E-state index contributed by atoms with van der Waals surface area (Å²) >= 11 is 0. The van der Waals surface area contributed by atoms with E-state index in [1.54, 1.807) is 24.3 Å². The van der Waals surface area contributed by atoms with Gasteiger partial charge in [-0.05, 0) is 12.1 Å². The zero-order chi connectivity index (χ0) is 15.5. The molecular weight excluding hydrogens is 282 g/mol. The summed E-state index contributed by atoms with van der Waals surface area (Å²) in [5.74, 6) is -0.260. The number of rotatable bonds is 3. The van der Waals surface area contributed by atoms with E-state index in [9.17, 15) is 9.90 Å². The van der Waals surface area contributed by atoms with Crippen molar-refractivity contribution < 1.29 is 19.5 Å². The highest BCUT2D eigenvalue weighted by atomic mass is 16.7. The summed E-state index contributed by atoms with van der Waals surface area (Å²) in [7, 11) is 1.46. The molecule has 1 N–H and O–H groups in total. The summed E-state index contributed by atoms with van der Waals surface area (Å²) in [6, 6.07) is 14.3. The summed E-state index contributed by atoms with van der Waals surface area (Å²) in [4.78, 5) is 16.7. The van der Waals surface area contributed by atoms with Gasteiger partial charge in [-0.1, -0.05) is 47.6 Å². The van der Waals surface area contributed by atoms with E-state index in [2.05, 4.69) is 5.16 Å². The fourth-order valence-electron chi connectivity index (χ4n) is 2.19. The number of benzene rings is 2. The van der Waals surface area contributed by atoms with Gasteiger partial charge in [0.05, 0.1) is 12.7 Å². The Balaban J connectivity index is 2.06. The van der Waals surface area contributed by atoms with Gasteiger partial charge in [0.25, 0.3) is 0 Å². The molecule has 0 amide bonds. The minimum Gasteiger partial charge on any atom is -0.504 e. The Bertz CT molecular complexity index is 779. The third-order valence-electron chi connectivity index (χ3n) is 3.29. The molecule has 2 aromatic carbocycles. The molecule has 0 fully saturated rings. The van der Waals surface area contributed by atoms with Crippen LogP contribution in [-0.4, -0.2) is 23.9 Å². The molecule has 110 valence electrons. The summed E-state index contributed by atoms with van der Waals surface area (Å²) < 4.78 is 5.06. The lowest BCUT2D eigenvalue weighted by Crippen LogP contribution is -2.06. The van der Waals surface area contributed by atoms with Crippen molar-refractivity contribution in [2.45, 2.75) is 0 Å². The predicted octanol–water partition coefficient (Wildman–Crippen LogP) is 2.75. The molecule has 5 nitrogen and oxygen atoms in total. The SMILES string of the molecule is COc1cccc(/C=C2\C(=O)ON=C2c2ccccc2)c1O. The Morgan fingerprint density at radius 1 is 1.14 bits per heavy atom. The number of nitrogens with zero attached hydrogens (tertiary/aromatic N) is 1. The van der Waals surface area contributed by atoms with E-state index in [4.69, 9.17) is 9.57 Å². The second-order valence-corrected chi connectivity index (χ2v) is 4.64. The highest BCUT2D eigenvalue weighted by molar-refractivity contribution is 6.31. The Hall–Kier alpha value is -3.08. The molecule has 1 aliphatic heterocycles. The van der Waals surface area contributed by atoms with Crippen molar-refractivity contribution in [1.29, 1.82) is 0 Å². The first-order valence-corrected chi connectivity index (χ1v) is 6.63. The maximum atomic E-state index is 11.9. The van der Waals surface area contributed by atoms with E-state index >= 15 is 0 Å². The summed E-state index contributed by atoms with van der Waals surface area (Å²) in [5, 5.41) is 14.0. The number of para-hydroxylation sites is 1. The molecule has 0 unspecified atom stereocenters. The quantitative estimate of drug-likeness (QED) is 0.698. The van der Waals surface area contributed by atoms with Gasteiger partial charge in [0, 0.05) is 11.1 Å². The van der Waals surface area contributed by atoms with Gasteiger partial charge in [0.15, 0.2) is 11.5 Å². The van der Waals surface area contributed by atoms with Crippen LogP contribution in [0.15, 0.2) is 59.3 Å². The Morgan fingerprint density at radius 3 is 2.64 bits per heavy atom. The molecule has 0 bridgehead atoms. The van der Waals surface area contributed by atoms with Crippen LogP contribution in [0.3, 0.4) is 0 Å². The monoisotopic (exact) mass is 295 g/mol. The lowest BCUT2D eigenvalue weighted by atomic mass is 10.0. The second kappa shape index (κ2) is 5.73. The molecular formula is C17H13NO4.